The summed E-state index contributed by atoms with van der Waals surface area (Å²) in [5.74, 6) is -0.953. The molecule has 0 aliphatic heterocycles. The number of aliphatic hydroxyl groups excluding tert-OH is 1. The van der Waals surface area contributed by atoms with Crippen LogP contribution in [-0.4, -0.2) is 5.11 Å². The topological polar surface area (TPSA) is 20.2 Å². The van der Waals surface area contributed by atoms with Crippen molar-refractivity contribution in [1.82, 2.24) is 0 Å². The van der Waals surface area contributed by atoms with Gasteiger partial charge in [-0.25, -0.2) is 8.78 Å². The van der Waals surface area contributed by atoms with Crippen molar-refractivity contribution in [2.45, 2.75) is 6.10 Å². The van der Waals surface area contributed by atoms with Gasteiger partial charge in [0, 0.05) is 5.56 Å². The van der Waals surface area contributed by atoms with E-state index in [1.807, 2.05) is 0 Å². The van der Waals surface area contributed by atoms with Crippen molar-refractivity contribution in [1.29, 1.82) is 0 Å². The van der Waals surface area contributed by atoms with Gasteiger partial charge in [-0.3, -0.25) is 0 Å². The Morgan fingerprint density at radius 2 is 1.72 bits per heavy atom. The lowest BCUT2D eigenvalue weighted by molar-refractivity contribution is 0.214. The van der Waals surface area contributed by atoms with E-state index in [9.17, 15) is 13.9 Å². The molecule has 0 aromatic heterocycles. The molecule has 0 heterocycles. The molecule has 1 nitrogen and oxygen atoms in total. The van der Waals surface area contributed by atoms with E-state index in [-0.39, 0.29) is 14.5 Å². The Balaban J connectivity index is 2.44. The number of benzene rings is 2. The molecule has 1 atom stereocenters. The molecule has 18 heavy (non-hydrogen) atoms. The van der Waals surface area contributed by atoms with Gasteiger partial charge in [-0.05, 0) is 55.6 Å². The van der Waals surface area contributed by atoms with Gasteiger partial charge in [0.25, 0.3) is 0 Å². The predicted molar refractivity (Wildman–Crippen MR) is 72.3 cm³/mol. The molecular weight excluding hydrogens is 370 g/mol. The Hall–Kier alpha value is -0.780. The second kappa shape index (κ2) is 5.47. The molecule has 0 fully saturated rings. The summed E-state index contributed by atoms with van der Waals surface area (Å²) in [5, 5.41) is 10.1. The molecule has 0 amide bonds. The van der Waals surface area contributed by atoms with E-state index in [2.05, 4.69) is 31.9 Å². The van der Waals surface area contributed by atoms with Crippen LogP contribution >= 0.6 is 31.9 Å². The van der Waals surface area contributed by atoms with Crippen LogP contribution in [-0.2, 0) is 0 Å². The Morgan fingerprint density at radius 3 is 2.39 bits per heavy atom. The van der Waals surface area contributed by atoms with Crippen molar-refractivity contribution >= 4 is 31.9 Å². The monoisotopic (exact) mass is 376 g/mol. The van der Waals surface area contributed by atoms with E-state index in [1.165, 1.54) is 24.3 Å². The SMILES string of the molecule is OC(c1ccc(F)c(Br)c1)c1cccc(Br)c1F. The van der Waals surface area contributed by atoms with Gasteiger partial charge in [0.2, 0.25) is 0 Å². The standard InChI is InChI=1S/C13H8Br2F2O/c14-9-3-1-2-8(12(9)17)13(18)7-4-5-11(16)10(15)6-7/h1-6,13,18H. The third-order valence-corrected chi connectivity index (χ3v) is 3.76. The number of rotatable bonds is 2. The first-order chi connectivity index (χ1) is 8.50. The van der Waals surface area contributed by atoms with Gasteiger partial charge in [0.1, 0.15) is 17.7 Å². The molecule has 0 radical (unpaired) electrons. The van der Waals surface area contributed by atoms with E-state index in [0.717, 1.165) is 0 Å². The first-order valence-electron chi connectivity index (χ1n) is 5.07. The van der Waals surface area contributed by atoms with Crippen LogP contribution < -0.4 is 0 Å². The highest BCUT2D eigenvalue weighted by Crippen LogP contribution is 2.30. The molecule has 5 heteroatoms. The molecule has 1 N–H and O–H groups in total. The van der Waals surface area contributed by atoms with Crippen LogP contribution in [0.25, 0.3) is 0 Å². The van der Waals surface area contributed by atoms with Crippen molar-refractivity contribution in [3.63, 3.8) is 0 Å². The van der Waals surface area contributed by atoms with E-state index in [0.29, 0.717) is 5.56 Å². The molecule has 0 saturated heterocycles. The summed E-state index contributed by atoms with van der Waals surface area (Å²) < 4.78 is 27.4. The largest absolute Gasteiger partial charge is 0.384 e. The molecule has 2 aromatic carbocycles. The lowest BCUT2D eigenvalue weighted by Gasteiger charge is -2.13. The molecule has 0 spiro atoms. The normalized spacial score (nSPS) is 12.5. The fourth-order valence-corrected chi connectivity index (χ4v) is 2.37. The van der Waals surface area contributed by atoms with Crippen molar-refractivity contribution in [3.05, 3.63) is 68.1 Å². The van der Waals surface area contributed by atoms with Crippen LogP contribution in [0.3, 0.4) is 0 Å². The average molecular weight is 378 g/mol. The molecular formula is C13H8Br2F2O. The smallest absolute Gasteiger partial charge is 0.143 e. The number of hydrogen-bond acceptors (Lipinski definition) is 1. The van der Waals surface area contributed by atoms with E-state index >= 15 is 0 Å². The second-order valence-electron chi connectivity index (χ2n) is 3.72. The van der Waals surface area contributed by atoms with Gasteiger partial charge in [0.15, 0.2) is 0 Å². The summed E-state index contributed by atoms with van der Waals surface area (Å²) in [6.07, 6.45) is -1.14. The first-order valence-corrected chi connectivity index (χ1v) is 6.66. The van der Waals surface area contributed by atoms with Crippen LogP contribution in [0.1, 0.15) is 17.2 Å². The summed E-state index contributed by atoms with van der Waals surface area (Å²) in [6, 6.07) is 8.74. The molecule has 0 saturated carbocycles. The number of aliphatic hydroxyl groups is 1. The molecule has 0 aliphatic rings. The molecule has 2 rings (SSSR count). The van der Waals surface area contributed by atoms with E-state index < -0.39 is 17.7 Å². The van der Waals surface area contributed by atoms with Gasteiger partial charge in [0.05, 0.1) is 8.95 Å². The van der Waals surface area contributed by atoms with Crippen LogP contribution in [0, 0.1) is 11.6 Å². The van der Waals surface area contributed by atoms with Crippen molar-refractivity contribution in [2.24, 2.45) is 0 Å². The minimum atomic E-state index is -1.14. The zero-order valence-electron chi connectivity index (χ0n) is 9.00. The number of hydrogen-bond donors (Lipinski definition) is 1. The van der Waals surface area contributed by atoms with Crippen molar-refractivity contribution < 1.29 is 13.9 Å². The van der Waals surface area contributed by atoms with Crippen LogP contribution in [0.5, 0.6) is 0 Å². The minimum absolute atomic E-state index is 0.142. The second-order valence-corrected chi connectivity index (χ2v) is 5.43. The number of halogens is 4. The summed E-state index contributed by atoms with van der Waals surface area (Å²) in [6.45, 7) is 0. The van der Waals surface area contributed by atoms with Crippen molar-refractivity contribution in [2.75, 3.05) is 0 Å². The summed E-state index contributed by atoms with van der Waals surface area (Å²) in [5.41, 5.74) is 0.558. The summed E-state index contributed by atoms with van der Waals surface area (Å²) in [7, 11) is 0. The zero-order valence-corrected chi connectivity index (χ0v) is 12.2. The summed E-state index contributed by atoms with van der Waals surface area (Å²) >= 11 is 6.09. The van der Waals surface area contributed by atoms with Gasteiger partial charge in [-0.2, -0.15) is 0 Å². The third kappa shape index (κ3) is 2.63. The Morgan fingerprint density at radius 1 is 1.00 bits per heavy atom. The lowest BCUT2D eigenvalue weighted by Crippen LogP contribution is -2.03. The fourth-order valence-electron chi connectivity index (χ4n) is 1.59. The lowest BCUT2D eigenvalue weighted by atomic mass is 10.0. The van der Waals surface area contributed by atoms with Gasteiger partial charge >= 0.3 is 0 Å². The summed E-state index contributed by atoms with van der Waals surface area (Å²) in [4.78, 5) is 0. The highest BCUT2D eigenvalue weighted by Gasteiger charge is 2.17. The molecule has 2 aromatic rings. The fraction of sp³-hybridized carbons (Fsp3) is 0.0769. The first kappa shape index (κ1) is 13.6. The highest BCUT2D eigenvalue weighted by atomic mass is 79.9. The van der Waals surface area contributed by atoms with E-state index in [4.69, 9.17) is 0 Å². The Kier molecular flexibility index (Phi) is 4.14. The zero-order chi connectivity index (χ0) is 13.3. The predicted octanol–water partition coefficient (Wildman–Crippen LogP) is 4.57. The quantitative estimate of drug-likeness (QED) is 0.812. The highest BCUT2D eigenvalue weighted by molar-refractivity contribution is 9.10. The molecule has 0 bridgehead atoms. The van der Waals surface area contributed by atoms with Crippen LogP contribution in [0.4, 0.5) is 8.78 Å². The molecule has 1 unspecified atom stereocenters. The van der Waals surface area contributed by atoms with Gasteiger partial charge in [-0.1, -0.05) is 18.2 Å². The van der Waals surface area contributed by atoms with Gasteiger partial charge in [-0.15, -0.1) is 0 Å². The molecule has 94 valence electrons. The van der Waals surface area contributed by atoms with E-state index in [1.54, 1.807) is 12.1 Å². The maximum absolute atomic E-state index is 13.8. The third-order valence-electron chi connectivity index (χ3n) is 2.54. The maximum atomic E-state index is 13.8. The molecule has 0 aliphatic carbocycles. The van der Waals surface area contributed by atoms with Crippen LogP contribution in [0.2, 0.25) is 0 Å². The minimum Gasteiger partial charge on any atom is -0.384 e. The Labute approximate surface area is 120 Å². The maximum Gasteiger partial charge on any atom is 0.143 e. The average Bonchev–Trinajstić information content (AvgIpc) is 2.35. The van der Waals surface area contributed by atoms with Gasteiger partial charge < -0.3 is 5.11 Å². The van der Waals surface area contributed by atoms with Crippen LogP contribution in [0.15, 0.2) is 45.3 Å². The van der Waals surface area contributed by atoms with Crippen molar-refractivity contribution in [3.8, 4) is 0 Å². The Bertz CT molecular complexity index is 587.